The summed E-state index contributed by atoms with van der Waals surface area (Å²) in [5.41, 5.74) is 5.83. The number of nitrogens with two attached hydrogens (primary N) is 1. The number of nitrogens with zero attached hydrogens (tertiary/aromatic N) is 1. The third-order valence-electron chi connectivity index (χ3n) is 4.20. The maximum Gasteiger partial charge on any atom is 0.228 e. The third-order valence-corrected chi connectivity index (χ3v) is 4.20. The van der Waals surface area contributed by atoms with Gasteiger partial charge in [0.1, 0.15) is 0 Å². The van der Waals surface area contributed by atoms with E-state index in [-0.39, 0.29) is 11.5 Å². The van der Waals surface area contributed by atoms with Gasteiger partial charge < -0.3 is 10.6 Å². The molecule has 3 heteroatoms. The van der Waals surface area contributed by atoms with E-state index in [2.05, 4.69) is 6.92 Å². The Morgan fingerprint density at radius 2 is 2.13 bits per heavy atom. The van der Waals surface area contributed by atoms with Gasteiger partial charge in [0, 0.05) is 24.5 Å². The van der Waals surface area contributed by atoms with E-state index in [9.17, 15) is 4.79 Å². The smallest absolute Gasteiger partial charge is 0.228 e. The Bertz CT molecular complexity index is 246. The highest BCUT2D eigenvalue weighted by molar-refractivity contribution is 5.83. The Balaban J connectivity index is 2.05. The van der Waals surface area contributed by atoms with Crippen molar-refractivity contribution in [2.24, 2.45) is 11.1 Å². The first-order valence-corrected chi connectivity index (χ1v) is 6.23. The fourth-order valence-electron chi connectivity index (χ4n) is 3.08. The summed E-state index contributed by atoms with van der Waals surface area (Å²) in [7, 11) is 0. The maximum absolute atomic E-state index is 12.4. The summed E-state index contributed by atoms with van der Waals surface area (Å²) in [6.07, 6.45) is 6.60. The minimum absolute atomic E-state index is 0.0237. The molecule has 1 amide bonds. The van der Waals surface area contributed by atoms with Gasteiger partial charge in [-0.1, -0.05) is 19.8 Å². The van der Waals surface area contributed by atoms with Gasteiger partial charge in [0.25, 0.3) is 0 Å². The van der Waals surface area contributed by atoms with Gasteiger partial charge in [-0.25, -0.2) is 0 Å². The van der Waals surface area contributed by atoms with Crippen molar-refractivity contribution in [3.8, 4) is 0 Å². The van der Waals surface area contributed by atoms with Crippen LogP contribution >= 0.6 is 0 Å². The molecule has 1 saturated carbocycles. The molecule has 2 N–H and O–H groups in total. The molecular formula is C12H22N2O. The van der Waals surface area contributed by atoms with E-state index in [1.807, 2.05) is 4.90 Å². The van der Waals surface area contributed by atoms with Gasteiger partial charge in [-0.2, -0.15) is 0 Å². The lowest BCUT2D eigenvalue weighted by Crippen LogP contribution is -2.42. The second-order valence-corrected chi connectivity index (χ2v) is 5.14. The van der Waals surface area contributed by atoms with E-state index in [4.69, 9.17) is 5.73 Å². The highest BCUT2D eigenvalue weighted by Crippen LogP contribution is 2.42. The van der Waals surface area contributed by atoms with Crippen molar-refractivity contribution in [1.82, 2.24) is 4.90 Å². The summed E-state index contributed by atoms with van der Waals surface area (Å²) in [5.74, 6) is 0.385. The number of likely N-dealkylation sites (tertiary alicyclic amines) is 1. The van der Waals surface area contributed by atoms with E-state index in [1.165, 1.54) is 12.8 Å². The Kier molecular flexibility index (Phi) is 3.01. The van der Waals surface area contributed by atoms with Crippen LogP contribution in [0.25, 0.3) is 0 Å². The van der Waals surface area contributed by atoms with Gasteiger partial charge in [0.05, 0.1) is 0 Å². The predicted octanol–water partition coefficient (Wildman–Crippen LogP) is 1.52. The van der Waals surface area contributed by atoms with Crippen LogP contribution in [0.1, 0.15) is 45.4 Å². The van der Waals surface area contributed by atoms with Crippen molar-refractivity contribution in [3.63, 3.8) is 0 Å². The lowest BCUT2D eigenvalue weighted by molar-refractivity contribution is -0.141. The number of carbonyl (C=O) groups excluding carboxylic acids is 1. The zero-order valence-corrected chi connectivity index (χ0v) is 9.67. The van der Waals surface area contributed by atoms with E-state index in [0.717, 1.165) is 38.8 Å². The second kappa shape index (κ2) is 4.12. The first-order valence-electron chi connectivity index (χ1n) is 6.23. The molecule has 2 fully saturated rings. The van der Waals surface area contributed by atoms with E-state index >= 15 is 0 Å². The Hall–Kier alpha value is -0.570. The third kappa shape index (κ3) is 1.89. The van der Waals surface area contributed by atoms with Crippen molar-refractivity contribution in [1.29, 1.82) is 0 Å². The summed E-state index contributed by atoms with van der Waals surface area (Å²) >= 11 is 0. The normalized spacial score (nSPS) is 29.7. The summed E-state index contributed by atoms with van der Waals surface area (Å²) in [6.45, 7) is 3.81. The molecule has 0 aromatic heterocycles. The highest BCUT2D eigenvalue weighted by Gasteiger charge is 2.42. The van der Waals surface area contributed by atoms with E-state index in [0.29, 0.717) is 5.91 Å². The lowest BCUT2D eigenvalue weighted by Gasteiger charge is -2.31. The molecule has 0 aromatic rings. The summed E-state index contributed by atoms with van der Waals surface area (Å²) in [6, 6.07) is 0.212. The number of hydrogen-bond acceptors (Lipinski definition) is 2. The molecule has 0 aromatic carbocycles. The van der Waals surface area contributed by atoms with Crippen molar-refractivity contribution in [2.75, 3.05) is 13.1 Å². The molecule has 3 nitrogen and oxygen atoms in total. The second-order valence-electron chi connectivity index (χ2n) is 5.14. The van der Waals surface area contributed by atoms with Crippen LogP contribution in [0.5, 0.6) is 0 Å². The maximum atomic E-state index is 12.4. The van der Waals surface area contributed by atoms with E-state index in [1.54, 1.807) is 0 Å². The number of carbonyl (C=O) groups is 1. The topological polar surface area (TPSA) is 46.3 Å². The van der Waals surface area contributed by atoms with Crippen molar-refractivity contribution in [2.45, 2.75) is 51.5 Å². The molecule has 1 saturated heterocycles. The quantitative estimate of drug-likeness (QED) is 0.751. The SMILES string of the molecule is CCC1(C(=O)N2CCC(N)C2)CCCC1. The van der Waals surface area contributed by atoms with Crippen molar-refractivity contribution in [3.05, 3.63) is 0 Å². The number of rotatable bonds is 2. The summed E-state index contributed by atoms with van der Waals surface area (Å²) < 4.78 is 0. The van der Waals surface area contributed by atoms with Gasteiger partial charge in [0.2, 0.25) is 5.91 Å². The molecular weight excluding hydrogens is 188 g/mol. The molecule has 1 heterocycles. The zero-order valence-electron chi connectivity index (χ0n) is 9.67. The standard InChI is InChI=1S/C12H22N2O/c1-2-12(6-3-4-7-12)11(15)14-8-5-10(13)9-14/h10H,2-9,13H2,1H3. The summed E-state index contributed by atoms with van der Waals surface area (Å²) in [5, 5.41) is 0. The summed E-state index contributed by atoms with van der Waals surface area (Å²) in [4.78, 5) is 14.4. The van der Waals surface area contributed by atoms with Crippen LogP contribution < -0.4 is 5.73 Å². The fraction of sp³-hybridized carbons (Fsp3) is 0.917. The molecule has 1 atom stereocenters. The molecule has 0 bridgehead atoms. The predicted molar refractivity (Wildman–Crippen MR) is 60.4 cm³/mol. The van der Waals surface area contributed by atoms with Crippen molar-refractivity contribution < 1.29 is 4.79 Å². The van der Waals surface area contributed by atoms with Crippen LogP contribution in [-0.2, 0) is 4.79 Å². The molecule has 0 spiro atoms. The Labute approximate surface area is 92.0 Å². The first-order chi connectivity index (χ1) is 7.18. The van der Waals surface area contributed by atoms with Gasteiger partial charge in [0.15, 0.2) is 0 Å². The number of hydrogen-bond donors (Lipinski definition) is 1. The minimum Gasteiger partial charge on any atom is -0.341 e. The Morgan fingerprint density at radius 1 is 1.47 bits per heavy atom. The van der Waals surface area contributed by atoms with Crippen LogP contribution in [0.3, 0.4) is 0 Å². The van der Waals surface area contributed by atoms with Crippen LogP contribution in [0.2, 0.25) is 0 Å². The molecule has 1 aliphatic carbocycles. The van der Waals surface area contributed by atoms with Gasteiger partial charge in [-0.05, 0) is 25.7 Å². The van der Waals surface area contributed by atoms with Crippen LogP contribution in [0.4, 0.5) is 0 Å². The first kappa shape index (κ1) is 10.9. The van der Waals surface area contributed by atoms with E-state index < -0.39 is 0 Å². The molecule has 0 radical (unpaired) electrons. The monoisotopic (exact) mass is 210 g/mol. The molecule has 15 heavy (non-hydrogen) atoms. The Morgan fingerprint density at radius 3 is 2.60 bits per heavy atom. The molecule has 1 unspecified atom stereocenters. The molecule has 2 aliphatic rings. The largest absolute Gasteiger partial charge is 0.341 e. The van der Waals surface area contributed by atoms with Crippen molar-refractivity contribution >= 4 is 5.91 Å². The average Bonchev–Trinajstić information content (AvgIpc) is 2.86. The average molecular weight is 210 g/mol. The fourth-order valence-corrected chi connectivity index (χ4v) is 3.08. The van der Waals surface area contributed by atoms with Crippen LogP contribution in [-0.4, -0.2) is 29.9 Å². The van der Waals surface area contributed by atoms with Gasteiger partial charge in [-0.15, -0.1) is 0 Å². The number of amides is 1. The van der Waals surface area contributed by atoms with Gasteiger partial charge >= 0.3 is 0 Å². The zero-order chi connectivity index (χ0) is 10.9. The molecule has 86 valence electrons. The molecule has 2 rings (SSSR count). The molecule has 1 aliphatic heterocycles. The van der Waals surface area contributed by atoms with Crippen LogP contribution in [0, 0.1) is 5.41 Å². The van der Waals surface area contributed by atoms with Gasteiger partial charge in [-0.3, -0.25) is 4.79 Å². The lowest BCUT2D eigenvalue weighted by atomic mass is 9.82. The highest BCUT2D eigenvalue weighted by atomic mass is 16.2. The van der Waals surface area contributed by atoms with Crippen LogP contribution in [0.15, 0.2) is 0 Å². The minimum atomic E-state index is -0.0237.